The van der Waals surface area contributed by atoms with E-state index in [1.54, 1.807) is 0 Å². The van der Waals surface area contributed by atoms with Crippen molar-refractivity contribution in [2.75, 3.05) is 6.54 Å². The first-order chi connectivity index (χ1) is 7.72. The van der Waals surface area contributed by atoms with Crippen molar-refractivity contribution in [3.05, 3.63) is 0 Å². The average molecular weight is 224 g/mol. The first-order valence-corrected chi connectivity index (χ1v) is 6.86. The Morgan fingerprint density at radius 3 is 2.38 bits per heavy atom. The first kappa shape index (κ1) is 11.0. The van der Waals surface area contributed by atoms with Crippen LogP contribution in [0.2, 0.25) is 0 Å². The highest BCUT2D eigenvalue weighted by Gasteiger charge is 2.53. The standard InChI is InChI=1S/C13H24N2O/c14-8-9-7-13(9)3-1-10(2-4-13)15-11-5-12(16)6-11/h9-12,15-16H,1-8,14H2. The fourth-order valence-electron chi connectivity index (χ4n) is 3.79. The zero-order valence-electron chi connectivity index (χ0n) is 9.99. The van der Waals surface area contributed by atoms with Crippen molar-refractivity contribution in [3.8, 4) is 0 Å². The van der Waals surface area contributed by atoms with Gasteiger partial charge in [-0.3, -0.25) is 0 Å². The maximum atomic E-state index is 9.25. The molecule has 0 radical (unpaired) electrons. The zero-order chi connectivity index (χ0) is 11.2. The molecule has 0 aromatic heterocycles. The van der Waals surface area contributed by atoms with E-state index in [4.69, 9.17) is 5.73 Å². The predicted octanol–water partition coefficient (Wildman–Crippen LogP) is 1.01. The van der Waals surface area contributed by atoms with Crippen LogP contribution in [-0.4, -0.2) is 29.8 Å². The van der Waals surface area contributed by atoms with Gasteiger partial charge in [0.2, 0.25) is 0 Å². The van der Waals surface area contributed by atoms with E-state index in [0.29, 0.717) is 17.5 Å². The van der Waals surface area contributed by atoms with Crippen LogP contribution in [0.1, 0.15) is 44.9 Å². The first-order valence-electron chi connectivity index (χ1n) is 6.86. The third kappa shape index (κ3) is 1.89. The number of nitrogens with one attached hydrogen (secondary N) is 1. The van der Waals surface area contributed by atoms with Gasteiger partial charge in [0, 0.05) is 12.1 Å². The summed E-state index contributed by atoms with van der Waals surface area (Å²) in [5, 5.41) is 12.9. The van der Waals surface area contributed by atoms with Gasteiger partial charge in [-0.1, -0.05) is 0 Å². The molecule has 4 N–H and O–H groups in total. The summed E-state index contributed by atoms with van der Waals surface area (Å²) in [6, 6.07) is 1.31. The quantitative estimate of drug-likeness (QED) is 0.670. The molecule has 0 saturated heterocycles. The van der Waals surface area contributed by atoms with E-state index in [1.165, 1.54) is 32.1 Å². The average Bonchev–Trinajstić information content (AvgIpc) is 2.93. The van der Waals surface area contributed by atoms with Crippen LogP contribution in [0.25, 0.3) is 0 Å². The molecule has 3 aliphatic rings. The van der Waals surface area contributed by atoms with Gasteiger partial charge in [0.25, 0.3) is 0 Å². The van der Waals surface area contributed by atoms with E-state index < -0.39 is 0 Å². The number of aliphatic hydroxyl groups excluding tert-OH is 1. The lowest BCUT2D eigenvalue weighted by Crippen LogP contribution is -2.49. The van der Waals surface area contributed by atoms with E-state index in [2.05, 4.69) is 5.32 Å². The maximum Gasteiger partial charge on any atom is 0.0570 e. The summed E-state index contributed by atoms with van der Waals surface area (Å²) in [6.07, 6.45) is 8.69. The third-order valence-corrected chi connectivity index (χ3v) is 5.21. The molecule has 3 heteroatoms. The lowest BCUT2D eigenvalue weighted by molar-refractivity contribution is 0.0533. The molecule has 16 heavy (non-hydrogen) atoms. The van der Waals surface area contributed by atoms with Gasteiger partial charge in [-0.15, -0.1) is 0 Å². The Morgan fingerprint density at radius 1 is 1.19 bits per heavy atom. The molecule has 0 bridgehead atoms. The van der Waals surface area contributed by atoms with E-state index in [9.17, 15) is 5.11 Å². The fourth-order valence-corrected chi connectivity index (χ4v) is 3.79. The maximum absolute atomic E-state index is 9.25. The minimum atomic E-state index is -0.0301. The Labute approximate surface area is 97.8 Å². The molecule has 0 aromatic rings. The highest BCUT2D eigenvalue weighted by atomic mass is 16.3. The zero-order valence-corrected chi connectivity index (χ0v) is 9.99. The topological polar surface area (TPSA) is 58.3 Å². The van der Waals surface area contributed by atoms with Gasteiger partial charge in [0.15, 0.2) is 0 Å². The summed E-state index contributed by atoms with van der Waals surface area (Å²) in [6.45, 7) is 0.896. The Balaban J connectivity index is 1.42. The molecular weight excluding hydrogens is 200 g/mol. The van der Waals surface area contributed by atoms with Gasteiger partial charge in [0.05, 0.1) is 6.10 Å². The van der Waals surface area contributed by atoms with Crippen LogP contribution in [0.3, 0.4) is 0 Å². The van der Waals surface area contributed by atoms with Crippen molar-refractivity contribution in [1.29, 1.82) is 0 Å². The SMILES string of the molecule is NCC1CC12CCC(NC1CC(O)C1)CC2. The fraction of sp³-hybridized carbons (Fsp3) is 1.00. The minimum absolute atomic E-state index is 0.0301. The molecule has 1 spiro atoms. The monoisotopic (exact) mass is 224 g/mol. The molecule has 3 aliphatic carbocycles. The number of aliphatic hydroxyl groups is 1. The highest BCUT2D eigenvalue weighted by molar-refractivity contribution is 5.05. The summed E-state index contributed by atoms with van der Waals surface area (Å²) < 4.78 is 0. The Kier molecular flexibility index (Phi) is 2.73. The molecule has 1 unspecified atom stereocenters. The van der Waals surface area contributed by atoms with Crippen molar-refractivity contribution in [3.63, 3.8) is 0 Å². The Morgan fingerprint density at radius 2 is 1.88 bits per heavy atom. The van der Waals surface area contributed by atoms with Gasteiger partial charge in [-0.05, 0) is 62.8 Å². The second-order valence-electron chi connectivity index (χ2n) is 6.26. The lowest BCUT2D eigenvalue weighted by Gasteiger charge is -2.38. The van der Waals surface area contributed by atoms with Crippen LogP contribution in [0, 0.1) is 11.3 Å². The molecule has 3 saturated carbocycles. The van der Waals surface area contributed by atoms with Gasteiger partial charge in [-0.2, -0.15) is 0 Å². The summed E-state index contributed by atoms with van der Waals surface area (Å²) in [7, 11) is 0. The molecule has 0 amide bonds. The highest BCUT2D eigenvalue weighted by Crippen LogP contribution is 2.60. The molecule has 0 heterocycles. The lowest BCUT2D eigenvalue weighted by atomic mass is 9.80. The molecule has 3 fully saturated rings. The minimum Gasteiger partial charge on any atom is -0.393 e. The summed E-state index contributed by atoms with van der Waals surface area (Å²) >= 11 is 0. The number of hydrogen-bond acceptors (Lipinski definition) is 3. The molecule has 92 valence electrons. The van der Waals surface area contributed by atoms with Crippen LogP contribution >= 0.6 is 0 Å². The number of rotatable bonds is 3. The molecule has 3 rings (SSSR count). The predicted molar refractivity (Wildman–Crippen MR) is 64.0 cm³/mol. The van der Waals surface area contributed by atoms with Crippen LogP contribution < -0.4 is 11.1 Å². The summed E-state index contributed by atoms with van der Waals surface area (Å²) in [5.41, 5.74) is 6.42. The van der Waals surface area contributed by atoms with Crippen LogP contribution in [0.5, 0.6) is 0 Å². The summed E-state index contributed by atoms with van der Waals surface area (Å²) in [4.78, 5) is 0. The molecular formula is C13H24N2O. The summed E-state index contributed by atoms with van der Waals surface area (Å²) in [5.74, 6) is 0.832. The molecule has 1 atom stereocenters. The Hall–Kier alpha value is -0.120. The largest absolute Gasteiger partial charge is 0.393 e. The van der Waals surface area contributed by atoms with Crippen LogP contribution in [0.15, 0.2) is 0 Å². The van der Waals surface area contributed by atoms with Crippen molar-refractivity contribution < 1.29 is 5.11 Å². The van der Waals surface area contributed by atoms with E-state index >= 15 is 0 Å². The second kappa shape index (κ2) is 3.97. The normalized spacial score (nSPS) is 51.4. The van der Waals surface area contributed by atoms with Gasteiger partial charge < -0.3 is 16.2 Å². The van der Waals surface area contributed by atoms with Crippen molar-refractivity contribution in [1.82, 2.24) is 5.32 Å². The van der Waals surface area contributed by atoms with Crippen molar-refractivity contribution in [2.24, 2.45) is 17.1 Å². The molecule has 0 aliphatic heterocycles. The molecule has 0 aromatic carbocycles. The molecule has 3 nitrogen and oxygen atoms in total. The van der Waals surface area contributed by atoms with E-state index in [-0.39, 0.29) is 6.10 Å². The van der Waals surface area contributed by atoms with Crippen molar-refractivity contribution in [2.45, 2.75) is 63.1 Å². The number of hydrogen-bond donors (Lipinski definition) is 3. The van der Waals surface area contributed by atoms with Gasteiger partial charge in [-0.25, -0.2) is 0 Å². The van der Waals surface area contributed by atoms with E-state index in [0.717, 1.165) is 25.3 Å². The van der Waals surface area contributed by atoms with Crippen LogP contribution in [0.4, 0.5) is 0 Å². The van der Waals surface area contributed by atoms with Gasteiger partial charge in [0.1, 0.15) is 0 Å². The van der Waals surface area contributed by atoms with E-state index in [1.807, 2.05) is 0 Å². The smallest absolute Gasteiger partial charge is 0.0570 e. The third-order valence-electron chi connectivity index (χ3n) is 5.21. The Bertz CT molecular complexity index is 255. The van der Waals surface area contributed by atoms with Gasteiger partial charge >= 0.3 is 0 Å². The van der Waals surface area contributed by atoms with Crippen LogP contribution in [-0.2, 0) is 0 Å². The number of nitrogens with two attached hydrogens (primary N) is 1. The second-order valence-corrected chi connectivity index (χ2v) is 6.26. The van der Waals surface area contributed by atoms with Crippen molar-refractivity contribution >= 4 is 0 Å².